The van der Waals surface area contributed by atoms with Crippen LogP contribution in [-0.2, 0) is 9.53 Å². The number of ether oxygens (including phenoxy) is 1. The van der Waals surface area contributed by atoms with Crippen LogP contribution >= 0.6 is 0 Å². The van der Waals surface area contributed by atoms with E-state index in [2.05, 4.69) is 4.74 Å². The number of rotatable bonds is 3. The molecule has 0 atom stereocenters. The van der Waals surface area contributed by atoms with Gasteiger partial charge in [-0.05, 0) is 17.5 Å². The summed E-state index contributed by atoms with van der Waals surface area (Å²) in [4.78, 5) is 23.7. The molecule has 4 nitrogen and oxygen atoms in total. The molecule has 1 aromatic heterocycles. The maximum absolute atomic E-state index is 12.2. The minimum absolute atomic E-state index is 0.408. The zero-order valence-electron chi connectivity index (χ0n) is 12.5. The molecule has 23 heavy (non-hydrogen) atoms. The van der Waals surface area contributed by atoms with Crippen LogP contribution < -0.4 is 5.63 Å². The molecule has 114 valence electrons. The van der Waals surface area contributed by atoms with E-state index in [-0.39, 0.29) is 0 Å². The number of esters is 1. The van der Waals surface area contributed by atoms with Crippen molar-refractivity contribution < 1.29 is 13.9 Å². The summed E-state index contributed by atoms with van der Waals surface area (Å²) in [5, 5.41) is 1.19. The van der Waals surface area contributed by atoms with Crippen molar-refractivity contribution in [3.8, 4) is 11.3 Å². The van der Waals surface area contributed by atoms with E-state index >= 15 is 0 Å². The van der Waals surface area contributed by atoms with Gasteiger partial charge in [-0.2, -0.15) is 0 Å². The fraction of sp³-hybridized carbons (Fsp3) is 0.0526. The Morgan fingerprint density at radius 2 is 1.65 bits per heavy atom. The van der Waals surface area contributed by atoms with Gasteiger partial charge in [-0.1, -0.05) is 48.5 Å². The van der Waals surface area contributed by atoms with Crippen LogP contribution in [0.15, 0.2) is 69.9 Å². The third-order valence-electron chi connectivity index (χ3n) is 3.50. The van der Waals surface area contributed by atoms with E-state index in [1.54, 1.807) is 18.2 Å². The lowest BCUT2D eigenvalue weighted by Crippen LogP contribution is -2.03. The molecule has 3 rings (SSSR count). The molecule has 0 bridgehead atoms. The van der Waals surface area contributed by atoms with Gasteiger partial charge in [0.15, 0.2) is 0 Å². The number of fused-ring (bicyclic) bond motifs is 1. The number of carbonyl (C=O) groups excluding carboxylic acids is 1. The molecule has 0 aliphatic heterocycles. The first kappa shape index (κ1) is 14.8. The first-order valence-electron chi connectivity index (χ1n) is 7.08. The average molecular weight is 306 g/mol. The van der Waals surface area contributed by atoms with Gasteiger partial charge < -0.3 is 9.15 Å². The van der Waals surface area contributed by atoms with E-state index < -0.39 is 11.6 Å². The second kappa shape index (κ2) is 6.32. The highest BCUT2D eigenvalue weighted by Crippen LogP contribution is 2.29. The van der Waals surface area contributed by atoms with E-state index in [9.17, 15) is 9.59 Å². The normalized spacial score (nSPS) is 11.0. The van der Waals surface area contributed by atoms with Crippen LogP contribution in [0.5, 0.6) is 0 Å². The lowest BCUT2D eigenvalue weighted by molar-refractivity contribution is -0.134. The Morgan fingerprint density at radius 3 is 2.35 bits per heavy atom. The summed E-state index contributed by atoms with van der Waals surface area (Å²) in [6, 6.07) is 16.4. The summed E-state index contributed by atoms with van der Waals surface area (Å²) < 4.78 is 10.1. The summed E-state index contributed by atoms with van der Waals surface area (Å²) >= 11 is 0. The first-order valence-corrected chi connectivity index (χ1v) is 7.08. The zero-order valence-corrected chi connectivity index (χ0v) is 12.5. The molecule has 0 saturated heterocycles. The van der Waals surface area contributed by atoms with Gasteiger partial charge in [0.2, 0.25) is 0 Å². The first-order chi connectivity index (χ1) is 11.2. The predicted octanol–water partition coefficient (Wildman–Crippen LogP) is 3.65. The molecule has 0 saturated carbocycles. The predicted molar refractivity (Wildman–Crippen MR) is 89.0 cm³/mol. The second-order valence-electron chi connectivity index (χ2n) is 4.90. The number of hydrogen-bond donors (Lipinski definition) is 0. The van der Waals surface area contributed by atoms with E-state index in [0.717, 1.165) is 10.9 Å². The van der Waals surface area contributed by atoms with Gasteiger partial charge in [0.1, 0.15) is 5.76 Å². The van der Waals surface area contributed by atoms with E-state index in [1.807, 2.05) is 42.5 Å². The average Bonchev–Trinajstić information content (AvgIpc) is 2.61. The third-order valence-corrected chi connectivity index (χ3v) is 3.50. The van der Waals surface area contributed by atoms with Crippen LogP contribution in [0.2, 0.25) is 0 Å². The smallest absolute Gasteiger partial charge is 0.344 e. The van der Waals surface area contributed by atoms with Crippen LogP contribution in [-0.4, -0.2) is 13.1 Å². The fourth-order valence-electron chi connectivity index (χ4n) is 2.41. The van der Waals surface area contributed by atoms with Crippen molar-refractivity contribution in [1.82, 2.24) is 0 Å². The van der Waals surface area contributed by atoms with Gasteiger partial charge in [0, 0.05) is 17.2 Å². The van der Waals surface area contributed by atoms with Crippen molar-refractivity contribution in [3.05, 3.63) is 76.7 Å². The van der Waals surface area contributed by atoms with Crippen LogP contribution in [0.4, 0.5) is 0 Å². The quantitative estimate of drug-likeness (QED) is 0.547. The Labute approximate surface area is 132 Å². The maximum atomic E-state index is 12.2. The molecule has 3 aromatic rings. The SMILES string of the molecule is COC(=O)/C=C/c1c(-c2ccccc2)oc(=O)c2ccccc12. The minimum atomic E-state index is -0.473. The van der Waals surface area contributed by atoms with Crippen LogP contribution in [0.25, 0.3) is 28.2 Å². The highest BCUT2D eigenvalue weighted by molar-refractivity contribution is 5.97. The van der Waals surface area contributed by atoms with Crippen molar-refractivity contribution >= 4 is 22.8 Å². The van der Waals surface area contributed by atoms with Gasteiger partial charge in [-0.15, -0.1) is 0 Å². The van der Waals surface area contributed by atoms with Gasteiger partial charge in [-0.3, -0.25) is 0 Å². The molecule has 0 unspecified atom stereocenters. The third kappa shape index (κ3) is 2.92. The number of benzene rings is 2. The highest BCUT2D eigenvalue weighted by atomic mass is 16.5. The van der Waals surface area contributed by atoms with Gasteiger partial charge >= 0.3 is 11.6 Å². The number of carbonyl (C=O) groups is 1. The van der Waals surface area contributed by atoms with Crippen LogP contribution in [0.3, 0.4) is 0 Å². The Kier molecular flexibility index (Phi) is 4.06. The molecular weight excluding hydrogens is 292 g/mol. The van der Waals surface area contributed by atoms with Crippen molar-refractivity contribution in [3.63, 3.8) is 0 Å². The van der Waals surface area contributed by atoms with Crippen LogP contribution in [0, 0.1) is 0 Å². The molecule has 0 aliphatic rings. The summed E-state index contributed by atoms with van der Waals surface area (Å²) in [7, 11) is 1.31. The zero-order chi connectivity index (χ0) is 16.2. The van der Waals surface area contributed by atoms with Crippen molar-refractivity contribution in [2.75, 3.05) is 7.11 Å². The minimum Gasteiger partial charge on any atom is -0.466 e. The lowest BCUT2D eigenvalue weighted by Gasteiger charge is -2.08. The summed E-state index contributed by atoms with van der Waals surface area (Å²) in [6.45, 7) is 0. The summed E-state index contributed by atoms with van der Waals surface area (Å²) in [5.41, 5.74) is 1.02. The Balaban J connectivity index is 2.32. The molecule has 0 aliphatic carbocycles. The van der Waals surface area contributed by atoms with Crippen LogP contribution in [0.1, 0.15) is 5.56 Å². The lowest BCUT2D eigenvalue weighted by atomic mass is 10.0. The van der Waals surface area contributed by atoms with E-state index in [1.165, 1.54) is 13.2 Å². The molecule has 0 radical (unpaired) electrons. The molecule has 4 heteroatoms. The molecule has 1 heterocycles. The fourth-order valence-corrected chi connectivity index (χ4v) is 2.41. The highest BCUT2D eigenvalue weighted by Gasteiger charge is 2.13. The molecule has 2 aromatic carbocycles. The monoisotopic (exact) mass is 306 g/mol. The molecule has 0 amide bonds. The largest absolute Gasteiger partial charge is 0.466 e. The molecule has 0 fully saturated rings. The summed E-state index contributed by atoms with van der Waals surface area (Å²) in [6.07, 6.45) is 2.92. The van der Waals surface area contributed by atoms with Gasteiger partial charge in [-0.25, -0.2) is 9.59 Å². The van der Waals surface area contributed by atoms with Crippen molar-refractivity contribution in [1.29, 1.82) is 0 Å². The Hall–Kier alpha value is -3.14. The standard InChI is InChI=1S/C19H14O4/c1-22-17(20)12-11-15-14-9-5-6-10-16(14)19(21)23-18(15)13-7-3-2-4-8-13/h2-12H,1H3/b12-11+. The van der Waals surface area contributed by atoms with E-state index in [0.29, 0.717) is 16.7 Å². The van der Waals surface area contributed by atoms with Crippen molar-refractivity contribution in [2.24, 2.45) is 0 Å². The second-order valence-corrected chi connectivity index (χ2v) is 4.90. The maximum Gasteiger partial charge on any atom is 0.344 e. The molecule has 0 N–H and O–H groups in total. The Morgan fingerprint density at radius 1 is 1.00 bits per heavy atom. The molecular formula is C19H14O4. The topological polar surface area (TPSA) is 56.5 Å². The van der Waals surface area contributed by atoms with E-state index in [4.69, 9.17) is 4.42 Å². The van der Waals surface area contributed by atoms with Crippen molar-refractivity contribution in [2.45, 2.75) is 0 Å². The summed E-state index contributed by atoms with van der Waals surface area (Å²) in [5.74, 6) is -0.0475. The number of hydrogen-bond acceptors (Lipinski definition) is 4. The Bertz CT molecular complexity index is 936. The number of methoxy groups -OCH3 is 1. The van der Waals surface area contributed by atoms with Gasteiger partial charge in [0.05, 0.1) is 12.5 Å². The molecule has 0 spiro atoms. The van der Waals surface area contributed by atoms with Gasteiger partial charge in [0.25, 0.3) is 0 Å².